The van der Waals surface area contributed by atoms with Gasteiger partial charge in [0.05, 0.1) is 56.0 Å². The normalized spacial score (nSPS) is 11.4. The van der Waals surface area contributed by atoms with Gasteiger partial charge in [-0.05, 0) is 54.6 Å². The lowest BCUT2D eigenvalue weighted by Crippen LogP contribution is -1.99. The second kappa shape index (κ2) is 12.2. The molecule has 0 aliphatic heterocycles. The summed E-state index contributed by atoms with van der Waals surface area (Å²) < 4.78 is 0. The standard InChI is InChI=1S/C44H26N4O4/c49-43(50)31-12-6-26(7-13-31)36-19-15-28-9-11-30-17-21-38(48-42(30)40(28)46-36)33-22-32(23-34(24-33)44(51)52)37-20-16-29-10-8-27-14-18-35(25-4-2-1-3-5-25)45-39(27)41(29)47-37/h1-24H,(H,49,50)(H,51,52). The van der Waals surface area contributed by atoms with E-state index in [1.165, 1.54) is 0 Å². The Labute approximate surface area is 296 Å². The smallest absolute Gasteiger partial charge is 0.335 e. The SMILES string of the molecule is O=C(O)c1ccc(-c2ccc3ccc4ccc(-c5cc(C(=O)O)cc(-c6ccc7ccc8ccc(-c9ccccc9)nc8c7n6)c5)nc4c3n2)cc1. The Morgan fingerprint density at radius 3 is 1.08 bits per heavy atom. The van der Waals surface area contributed by atoms with Gasteiger partial charge >= 0.3 is 11.9 Å². The first kappa shape index (κ1) is 30.7. The van der Waals surface area contributed by atoms with Crippen LogP contribution in [0, 0.1) is 0 Å². The van der Waals surface area contributed by atoms with E-state index in [0.29, 0.717) is 39.2 Å². The van der Waals surface area contributed by atoms with Crippen LogP contribution in [0.4, 0.5) is 0 Å². The summed E-state index contributed by atoms with van der Waals surface area (Å²) in [7, 11) is 0. The molecule has 2 N–H and O–H groups in total. The zero-order valence-corrected chi connectivity index (χ0v) is 27.4. The average molecular weight is 675 g/mol. The minimum absolute atomic E-state index is 0.113. The molecule has 8 heteroatoms. The van der Waals surface area contributed by atoms with Crippen LogP contribution in [0.3, 0.4) is 0 Å². The van der Waals surface area contributed by atoms with Gasteiger partial charge in [-0.15, -0.1) is 0 Å². The summed E-state index contributed by atoms with van der Waals surface area (Å²) in [5.41, 5.74) is 8.92. The van der Waals surface area contributed by atoms with Crippen molar-refractivity contribution in [2.75, 3.05) is 0 Å². The number of hydrogen-bond donors (Lipinski definition) is 2. The fourth-order valence-corrected chi connectivity index (χ4v) is 6.62. The third-order valence-corrected chi connectivity index (χ3v) is 9.31. The van der Waals surface area contributed by atoms with Crippen molar-refractivity contribution in [3.63, 3.8) is 0 Å². The van der Waals surface area contributed by atoms with Gasteiger partial charge in [-0.2, -0.15) is 0 Å². The lowest BCUT2D eigenvalue weighted by molar-refractivity contribution is 0.0686. The molecule has 9 aromatic rings. The van der Waals surface area contributed by atoms with Gasteiger partial charge in [0, 0.05) is 43.8 Å². The number of aromatic carboxylic acids is 2. The van der Waals surface area contributed by atoms with E-state index in [-0.39, 0.29) is 11.1 Å². The predicted molar refractivity (Wildman–Crippen MR) is 203 cm³/mol. The Balaban J connectivity index is 1.17. The van der Waals surface area contributed by atoms with E-state index in [0.717, 1.165) is 49.4 Å². The molecule has 52 heavy (non-hydrogen) atoms. The summed E-state index contributed by atoms with van der Waals surface area (Å²) in [6.07, 6.45) is 0. The van der Waals surface area contributed by atoms with E-state index in [1.54, 1.807) is 36.4 Å². The first-order chi connectivity index (χ1) is 25.4. The average Bonchev–Trinajstić information content (AvgIpc) is 3.20. The Morgan fingerprint density at radius 2 is 0.692 bits per heavy atom. The molecule has 0 fully saturated rings. The molecule has 246 valence electrons. The third kappa shape index (κ3) is 5.45. The van der Waals surface area contributed by atoms with Crippen molar-refractivity contribution >= 4 is 55.6 Å². The summed E-state index contributed by atoms with van der Waals surface area (Å²) in [5.74, 6) is -2.05. The van der Waals surface area contributed by atoms with Crippen molar-refractivity contribution in [3.8, 4) is 45.0 Å². The van der Waals surface area contributed by atoms with Crippen LogP contribution < -0.4 is 0 Å². The lowest BCUT2D eigenvalue weighted by Gasteiger charge is -2.11. The molecule has 0 radical (unpaired) electrons. The van der Waals surface area contributed by atoms with Crippen molar-refractivity contribution in [2.24, 2.45) is 0 Å². The summed E-state index contributed by atoms with van der Waals surface area (Å²) in [5, 5.41) is 23.2. The van der Waals surface area contributed by atoms with Crippen LogP contribution in [0.15, 0.2) is 146 Å². The molecule has 4 heterocycles. The van der Waals surface area contributed by atoms with Gasteiger partial charge in [0.15, 0.2) is 0 Å². The van der Waals surface area contributed by atoms with Gasteiger partial charge in [-0.3, -0.25) is 0 Å². The van der Waals surface area contributed by atoms with Crippen molar-refractivity contribution in [2.45, 2.75) is 0 Å². The van der Waals surface area contributed by atoms with E-state index in [2.05, 4.69) is 0 Å². The van der Waals surface area contributed by atoms with E-state index in [9.17, 15) is 19.8 Å². The molecule has 0 aliphatic rings. The maximum absolute atomic E-state index is 12.5. The Hall–Kier alpha value is -7.32. The second-order valence-corrected chi connectivity index (χ2v) is 12.6. The molecule has 0 unspecified atom stereocenters. The number of aromatic nitrogens is 4. The molecule has 0 atom stereocenters. The number of rotatable bonds is 6. The van der Waals surface area contributed by atoms with Crippen LogP contribution in [0.25, 0.3) is 88.6 Å². The molecule has 8 nitrogen and oxygen atoms in total. The maximum Gasteiger partial charge on any atom is 0.335 e. The van der Waals surface area contributed by atoms with Gasteiger partial charge in [0.2, 0.25) is 0 Å². The Kier molecular flexibility index (Phi) is 7.22. The number of pyridine rings is 4. The van der Waals surface area contributed by atoms with Gasteiger partial charge in [0.1, 0.15) is 0 Å². The monoisotopic (exact) mass is 674 g/mol. The van der Waals surface area contributed by atoms with Crippen LogP contribution in [0.5, 0.6) is 0 Å². The van der Waals surface area contributed by atoms with Crippen LogP contribution >= 0.6 is 0 Å². The van der Waals surface area contributed by atoms with Crippen LogP contribution in [0.2, 0.25) is 0 Å². The number of fused-ring (bicyclic) bond motifs is 6. The predicted octanol–water partition coefficient (Wildman–Crippen LogP) is 9.94. The topological polar surface area (TPSA) is 126 Å². The first-order valence-corrected chi connectivity index (χ1v) is 16.6. The molecule has 0 bridgehead atoms. The van der Waals surface area contributed by atoms with Crippen molar-refractivity contribution in [1.29, 1.82) is 0 Å². The van der Waals surface area contributed by atoms with Gasteiger partial charge in [-0.1, -0.05) is 91.0 Å². The van der Waals surface area contributed by atoms with Gasteiger partial charge in [0.25, 0.3) is 0 Å². The molecule has 4 aromatic heterocycles. The molecule has 0 aliphatic carbocycles. The number of carbonyl (C=O) groups is 2. The first-order valence-electron chi connectivity index (χ1n) is 16.6. The van der Waals surface area contributed by atoms with Crippen molar-refractivity contribution in [3.05, 3.63) is 157 Å². The van der Waals surface area contributed by atoms with Crippen LogP contribution in [-0.4, -0.2) is 42.1 Å². The molecule has 0 spiro atoms. The van der Waals surface area contributed by atoms with E-state index in [1.807, 2.05) is 109 Å². The zero-order valence-electron chi connectivity index (χ0n) is 27.4. The minimum atomic E-state index is -1.06. The number of carboxylic acid groups (broad SMARTS) is 2. The zero-order chi connectivity index (χ0) is 35.3. The Bertz CT molecular complexity index is 2910. The fourth-order valence-electron chi connectivity index (χ4n) is 6.62. The molecule has 0 amide bonds. The number of carboxylic acids is 2. The van der Waals surface area contributed by atoms with Crippen LogP contribution in [0.1, 0.15) is 20.7 Å². The fraction of sp³-hybridized carbons (Fsp3) is 0. The van der Waals surface area contributed by atoms with Crippen molar-refractivity contribution in [1.82, 2.24) is 19.9 Å². The van der Waals surface area contributed by atoms with E-state index >= 15 is 0 Å². The van der Waals surface area contributed by atoms with E-state index < -0.39 is 11.9 Å². The third-order valence-electron chi connectivity index (χ3n) is 9.31. The van der Waals surface area contributed by atoms with Gasteiger partial charge < -0.3 is 10.2 Å². The highest BCUT2D eigenvalue weighted by Gasteiger charge is 2.15. The molecule has 5 aromatic carbocycles. The summed E-state index contributed by atoms with van der Waals surface area (Å²) in [6, 6.07) is 45.4. The minimum Gasteiger partial charge on any atom is -0.478 e. The molecular weight excluding hydrogens is 649 g/mol. The number of hydrogen-bond acceptors (Lipinski definition) is 6. The lowest BCUT2D eigenvalue weighted by atomic mass is 9.99. The number of nitrogens with zero attached hydrogens (tertiary/aromatic N) is 4. The van der Waals surface area contributed by atoms with Crippen LogP contribution in [-0.2, 0) is 0 Å². The Morgan fingerprint density at radius 1 is 0.346 bits per heavy atom. The maximum atomic E-state index is 12.5. The summed E-state index contributed by atoms with van der Waals surface area (Å²) >= 11 is 0. The van der Waals surface area contributed by atoms with Crippen molar-refractivity contribution < 1.29 is 19.8 Å². The highest BCUT2D eigenvalue weighted by Crippen LogP contribution is 2.33. The quantitative estimate of drug-likeness (QED) is 0.167. The molecule has 9 rings (SSSR count). The highest BCUT2D eigenvalue weighted by atomic mass is 16.4. The molecule has 0 saturated carbocycles. The second-order valence-electron chi connectivity index (χ2n) is 12.6. The summed E-state index contributed by atoms with van der Waals surface area (Å²) in [6.45, 7) is 0. The van der Waals surface area contributed by atoms with Gasteiger partial charge in [-0.25, -0.2) is 29.5 Å². The largest absolute Gasteiger partial charge is 0.478 e. The molecular formula is C44H26N4O4. The molecule has 0 saturated heterocycles. The summed E-state index contributed by atoms with van der Waals surface area (Å²) in [4.78, 5) is 43.9. The van der Waals surface area contributed by atoms with E-state index in [4.69, 9.17) is 19.9 Å². The number of benzene rings is 5. The highest BCUT2D eigenvalue weighted by molar-refractivity contribution is 6.06.